The van der Waals surface area contributed by atoms with Gasteiger partial charge in [0, 0.05) is 17.1 Å². The summed E-state index contributed by atoms with van der Waals surface area (Å²) in [7, 11) is -11.1. The smallest absolute Gasteiger partial charge is 0.425 e. The van der Waals surface area contributed by atoms with Gasteiger partial charge < -0.3 is 10.5 Å². The number of hydrogen-bond acceptors (Lipinski definition) is 15. The third-order valence-corrected chi connectivity index (χ3v) is 9.66. The maximum Gasteiger partial charge on any atom is 0.425 e. The Labute approximate surface area is 311 Å². The normalized spacial score (nSPS) is 12.1. The fourth-order valence-electron chi connectivity index (χ4n) is 5.04. The Morgan fingerprint density at radius 2 is 0.963 bits per heavy atom. The van der Waals surface area contributed by atoms with E-state index in [-0.39, 0.29) is 27.9 Å². The highest BCUT2D eigenvalue weighted by atomic mass is 32.2. The number of fused-ring (bicyclic) bond motifs is 1. The van der Waals surface area contributed by atoms with Gasteiger partial charge in [0.25, 0.3) is 20.2 Å². The van der Waals surface area contributed by atoms with Gasteiger partial charge in [-0.05, 0) is 116 Å². The van der Waals surface area contributed by atoms with Gasteiger partial charge in [0.05, 0.1) is 29.9 Å². The second kappa shape index (κ2) is 16.5. The van der Waals surface area contributed by atoms with E-state index >= 15 is 0 Å². The van der Waals surface area contributed by atoms with Crippen LogP contribution in [0.5, 0.6) is 5.75 Å². The Morgan fingerprint density at radius 3 is 1.44 bits per heavy atom. The Morgan fingerprint density at radius 1 is 0.556 bits per heavy atom. The molecule has 0 unspecified atom stereocenters. The summed E-state index contributed by atoms with van der Waals surface area (Å²) in [4.78, 5) is -1.07. The number of rotatable bonds is 9. The van der Waals surface area contributed by atoms with Gasteiger partial charge in [0.2, 0.25) is 0 Å². The molecule has 0 aliphatic rings. The third kappa shape index (κ3) is 9.99. The summed E-state index contributed by atoms with van der Waals surface area (Å²) in [5.74, 6) is 0.282. The molecule has 0 heterocycles. The molecule has 4 N–H and O–H groups in total. The fourth-order valence-corrected chi connectivity index (χ4v) is 6.39. The summed E-state index contributed by atoms with van der Waals surface area (Å²) >= 11 is 0. The maximum absolute atomic E-state index is 12.2. The minimum Gasteiger partial charge on any atom is -0.494 e. The van der Waals surface area contributed by atoms with Gasteiger partial charge in [-0.2, -0.15) is 37.3 Å². The molecule has 5 aromatic carbocycles. The lowest BCUT2D eigenvalue weighted by Gasteiger charge is -2.09. The van der Waals surface area contributed by atoms with Gasteiger partial charge in [-0.3, -0.25) is 9.11 Å². The lowest BCUT2D eigenvalue weighted by molar-refractivity contribution is 0.416. The molecular weight excluding hydrogens is 763 g/mol. The van der Waals surface area contributed by atoms with E-state index in [2.05, 4.69) is 30.7 Å². The molecule has 282 valence electrons. The second-order valence-corrected chi connectivity index (χ2v) is 15.0. The van der Waals surface area contributed by atoms with Crippen molar-refractivity contribution in [3.8, 4) is 5.75 Å². The molecule has 0 aromatic heterocycles. The van der Waals surface area contributed by atoms with E-state index in [9.17, 15) is 25.9 Å². The van der Waals surface area contributed by atoms with Crippen LogP contribution in [0, 0.1) is 34.6 Å². The quantitative estimate of drug-likeness (QED) is 0.0721. The molecule has 0 bridgehead atoms. The van der Waals surface area contributed by atoms with Gasteiger partial charge in [-0.25, -0.2) is 0 Å². The number of anilines is 1. The molecule has 0 radical (unpaired) electrons. The average molecular weight is 796 g/mol. The van der Waals surface area contributed by atoms with Crippen LogP contribution in [-0.2, 0) is 30.8 Å². The molecule has 54 heavy (non-hydrogen) atoms. The zero-order chi connectivity index (χ0) is 40.1. The van der Waals surface area contributed by atoms with Crippen LogP contribution in [0.25, 0.3) is 10.8 Å². The highest BCUT2D eigenvalue weighted by Gasteiger charge is 2.21. The van der Waals surface area contributed by atoms with E-state index < -0.39 is 40.6 Å². The van der Waals surface area contributed by atoms with Crippen molar-refractivity contribution in [1.82, 2.24) is 0 Å². The lowest BCUT2D eigenvalue weighted by atomic mass is 10.1. The molecule has 0 saturated carbocycles. The molecule has 0 aliphatic heterocycles. The third-order valence-electron chi connectivity index (χ3n) is 7.87. The molecule has 5 aromatic rings. The van der Waals surface area contributed by atoms with Crippen LogP contribution in [0.2, 0.25) is 0 Å². The molecule has 0 atom stereocenters. The van der Waals surface area contributed by atoms with Crippen molar-refractivity contribution >= 4 is 81.4 Å². The topological polar surface area (TPSA) is 269 Å². The molecule has 17 nitrogen and oxygen atoms in total. The van der Waals surface area contributed by atoms with Crippen LogP contribution in [0.1, 0.15) is 27.8 Å². The molecule has 0 amide bonds. The van der Waals surface area contributed by atoms with Crippen molar-refractivity contribution in [2.24, 2.45) is 30.7 Å². The SMILES string of the molecule is COc1cc(N=Nc2cc3c(S(=O)(=O)O)cccc3cc2S(=O)(=O)O)c(C)cc1N=Nc1cc(C)c(N=Nc2cc(C)c(N)cc2C)cc1C.O=S(=O)=O. The predicted octanol–water partition coefficient (Wildman–Crippen LogP) is 8.71. The number of azo groups is 3. The first-order valence-corrected chi connectivity index (χ1v) is 19.3. The van der Waals surface area contributed by atoms with Crippen molar-refractivity contribution in [3.63, 3.8) is 0 Å². The fraction of sp³-hybridized carbons (Fsp3) is 0.176. The first kappa shape index (κ1) is 41.0. The summed E-state index contributed by atoms with van der Waals surface area (Å²) in [5, 5.41) is 26.0. The number of nitrogen functional groups attached to an aromatic ring is 1. The van der Waals surface area contributed by atoms with Crippen LogP contribution < -0.4 is 10.5 Å². The predicted molar refractivity (Wildman–Crippen MR) is 200 cm³/mol. The van der Waals surface area contributed by atoms with E-state index in [0.29, 0.717) is 28.3 Å². The van der Waals surface area contributed by atoms with Crippen LogP contribution in [0.15, 0.2) is 107 Å². The lowest BCUT2D eigenvalue weighted by Crippen LogP contribution is -2.01. The number of aryl methyl sites for hydroxylation is 5. The Kier molecular flexibility index (Phi) is 12.5. The zero-order valence-corrected chi connectivity index (χ0v) is 31.9. The van der Waals surface area contributed by atoms with Gasteiger partial charge in [0.1, 0.15) is 26.9 Å². The van der Waals surface area contributed by atoms with Gasteiger partial charge in [0.15, 0.2) is 0 Å². The zero-order valence-electron chi connectivity index (χ0n) is 29.5. The molecule has 20 heteroatoms. The second-order valence-electron chi connectivity index (χ2n) is 11.8. The van der Waals surface area contributed by atoms with Gasteiger partial charge in [-0.1, -0.05) is 12.1 Å². The summed E-state index contributed by atoms with van der Waals surface area (Å²) in [6, 6.07) is 16.7. The van der Waals surface area contributed by atoms with E-state index in [4.69, 9.17) is 23.1 Å². The Balaban J connectivity index is 0.00000155. The monoisotopic (exact) mass is 795 g/mol. The average Bonchev–Trinajstić information content (AvgIpc) is 3.07. The van der Waals surface area contributed by atoms with Crippen molar-refractivity contribution < 1.29 is 43.3 Å². The van der Waals surface area contributed by atoms with Crippen molar-refractivity contribution in [2.75, 3.05) is 12.8 Å². The number of methoxy groups -OCH3 is 1. The molecular formula is C34H33N7O10S3. The summed E-state index contributed by atoms with van der Waals surface area (Å²) in [6.45, 7) is 9.32. The van der Waals surface area contributed by atoms with Crippen LogP contribution in [-0.4, -0.2) is 45.7 Å². The van der Waals surface area contributed by atoms with Crippen LogP contribution in [0.3, 0.4) is 0 Å². The molecule has 0 aliphatic carbocycles. The van der Waals surface area contributed by atoms with E-state index in [1.165, 1.54) is 25.3 Å². The van der Waals surface area contributed by atoms with Crippen LogP contribution >= 0.6 is 0 Å². The van der Waals surface area contributed by atoms with E-state index in [1.54, 1.807) is 13.0 Å². The maximum atomic E-state index is 12.2. The minimum atomic E-state index is -4.80. The van der Waals surface area contributed by atoms with Crippen molar-refractivity contribution in [2.45, 2.75) is 44.4 Å². The molecule has 0 fully saturated rings. The Hall–Kier alpha value is -5.80. The van der Waals surface area contributed by atoms with Crippen molar-refractivity contribution in [3.05, 3.63) is 94.5 Å². The molecule has 5 rings (SSSR count). The van der Waals surface area contributed by atoms with Gasteiger partial charge >= 0.3 is 10.6 Å². The van der Waals surface area contributed by atoms with Crippen molar-refractivity contribution in [1.29, 1.82) is 0 Å². The standard InChI is InChI=1S/C34H33N7O7S2.O3S/c1-18-11-26(19(2)10-25(18)35)36-37-27-12-21(4)28(13-20(27)3)38-40-30-14-22(5)29(17-32(30)48-6)39-41-31-16-24-23(15-34(31)50(45,46)47)8-7-9-33(24)49(42,43)44;1-4(2)3/h7-17H,35H2,1-6H3,(H,42,43,44)(H,45,46,47);. The van der Waals surface area contributed by atoms with Gasteiger partial charge in [-0.15, -0.1) is 22.9 Å². The highest BCUT2D eigenvalue weighted by Crippen LogP contribution is 2.39. The molecule has 0 saturated heterocycles. The number of ether oxygens (including phenoxy) is 1. The highest BCUT2D eigenvalue weighted by molar-refractivity contribution is 7.86. The number of benzene rings is 5. The van der Waals surface area contributed by atoms with Crippen LogP contribution in [0.4, 0.5) is 39.8 Å². The first-order chi connectivity index (χ1) is 25.2. The Bertz CT molecular complexity index is 2730. The molecule has 0 spiro atoms. The number of nitrogens with two attached hydrogens (primary N) is 1. The summed E-state index contributed by atoms with van der Waals surface area (Å²) in [6.07, 6.45) is 0. The first-order valence-electron chi connectivity index (χ1n) is 15.4. The minimum absolute atomic E-state index is 0.0185. The largest absolute Gasteiger partial charge is 0.494 e. The summed E-state index contributed by atoms with van der Waals surface area (Å²) in [5.41, 5.74) is 13.0. The van der Waals surface area contributed by atoms with E-state index in [0.717, 1.165) is 46.1 Å². The number of hydrogen-bond donors (Lipinski definition) is 3. The van der Waals surface area contributed by atoms with E-state index in [1.807, 2.05) is 52.0 Å². The number of nitrogens with zero attached hydrogens (tertiary/aromatic N) is 6. The summed E-state index contributed by atoms with van der Waals surface area (Å²) < 4.78 is 98.8.